The lowest BCUT2D eigenvalue weighted by Gasteiger charge is -2.44. The van der Waals surface area contributed by atoms with Gasteiger partial charge < -0.3 is 19.8 Å². The fourth-order valence-corrected chi connectivity index (χ4v) is 5.60. The van der Waals surface area contributed by atoms with Crippen molar-refractivity contribution < 1.29 is 19.2 Å². The number of aryl methyl sites for hydroxylation is 1. The van der Waals surface area contributed by atoms with Crippen LogP contribution >= 0.6 is 11.8 Å². The standard InChI is InChI=1S/C20H21N3O4S/c1-10(24)16-20(3,4)28-19-15(18(26)23(16)19)21-17(25)13-11(2)27-22-14(13)12-8-6-5-7-9-12/h5-9,15-16,19,24H,1H2,2-4H3,(H,21,25)/t15-,16+,19-/m1/s1. The molecule has 3 atom stereocenters. The second-order valence-electron chi connectivity index (χ2n) is 7.53. The van der Waals surface area contributed by atoms with Gasteiger partial charge in [-0.25, -0.2) is 0 Å². The molecule has 2 N–H and O–H groups in total. The molecule has 0 spiro atoms. The Bertz CT molecular complexity index is 969. The maximum atomic E-state index is 13.0. The number of β-lactam (4-membered cyclic amide) rings is 1. The van der Waals surface area contributed by atoms with Gasteiger partial charge >= 0.3 is 0 Å². The summed E-state index contributed by atoms with van der Waals surface area (Å²) in [7, 11) is 0. The highest BCUT2D eigenvalue weighted by Gasteiger charge is 2.62. The van der Waals surface area contributed by atoms with Gasteiger partial charge in [-0.3, -0.25) is 9.59 Å². The van der Waals surface area contributed by atoms with Gasteiger partial charge in [-0.1, -0.05) is 42.1 Å². The second-order valence-corrected chi connectivity index (χ2v) is 9.30. The zero-order valence-corrected chi connectivity index (χ0v) is 16.6. The Kier molecular flexibility index (Phi) is 4.26. The first kappa shape index (κ1) is 18.6. The summed E-state index contributed by atoms with van der Waals surface area (Å²) in [6.07, 6.45) is 0. The number of aromatic nitrogens is 1. The predicted molar refractivity (Wildman–Crippen MR) is 106 cm³/mol. The van der Waals surface area contributed by atoms with Crippen LogP contribution in [0, 0.1) is 6.92 Å². The number of aliphatic hydroxyl groups is 1. The molecule has 0 radical (unpaired) electrons. The molecule has 0 saturated carbocycles. The molecule has 2 fully saturated rings. The van der Waals surface area contributed by atoms with E-state index in [1.54, 1.807) is 23.6 Å². The van der Waals surface area contributed by atoms with Gasteiger partial charge in [0, 0.05) is 10.3 Å². The summed E-state index contributed by atoms with van der Waals surface area (Å²) >= 11 is 1.54. The molecule has 28 heavy (non-hydrogen) atoms. The first-order valence-corrected chi connectivity index (χ1v) is 9.80. The number of carbonyl (C=O) groups is 2. The highest BCUT2D eigenvalue weighted by atomic mass is 32.2. The zero-order valence-electron chi connectivity index (χ0n) is 15.8. The van der Waals surface area contributed by atoms with Crippen LogP contribution in [-0.4, -0.2) is 49.2 Å². The van der Waals surface area contributed by atoms with Crippen LogP contribution in [0.25, 0.3) is 11.3 Å². The van der Waals surface area contributed by atoms with E-state index in [1.165, 1.54) is 0 Å². The number of rotatable bonds is 4. The molecule has 2 aromatic rings. The number of benzene rings is 1. The third-order valence-electron chi connectivity index (χ3n) is 5.18. The maximum Gasteiger partial charge on any atom is 0.257 e. The van der Waals surface area contributed by atoms with Crippen molar-refractivity contribution in [3.05, 3.63) is 54.0 Å². The van der Waals surface area contributed by atoms with Gasteiger partial charge in [0.15, 0.2) is 0 Å². The van der Waals surface area contributed by atoms with Crippen molar-refractivity contribution in [1.29, 1.82) is 0 Å². The number of fused-ring (bicyclic) bond motifs is 1. The van der Waals surface area contributed by atoms with E-state index in [0.29, 0.717) is 17.0 Å². The molecule has 3 heterocycles. The molecule has 1 aromatic carbocycles. The molecule has 2 amide bonds. The van der Waals surface area contributed by atoms with E-state index in [2.05, 4.69) is 17.1 Å². The maximum absolute atomic E-state index is 13.0. The van der Waals surface area contributed by atoms with Crippen molar-refractivity contribution in [2.75, 3.05) is 0 Å². The Morgan fingerprint density at radius 3 is 2.68 bits per heavy atom. The minimum atomic E-state index is -0.668. The molecule has 0 unspecified atom stereocenters. The molecular formula is C20H21N3O4S. The van der Waals surface area contributed by atoms with Crippen LogP contribution in [0.5, 0.6) is 0 Å². The number of amides is 2. The van der Waals surface area contributed by atoms with Crippen molar-refractivity contribution in [3.63, 3.8) is 0 Å². The fraction of sp³-hybridized carbons (Fsp3) is 0.350. The van der Waals surface area contributed by atoms with Gasteiger partial charge in [0.05, 0.1) is 0 Å². The molecule has 0 aliphatic carbocycles. The van der Waals surface area contributed by atoms with E-state index in [1.807, 2.05) is 44.2 Å². The lowest BCUT2D eigenvalue weighted by Crippen LogP contribution is -2.69. The lowest BCUT2D eigenvalue weighted by molar-refractivity contribution is -0.148. The number of thioether (sulfide) groups is 1. The summed E-state index contributed by atoms with van der Waals surface area (Å²) in [5.41, 5.74) is 1.53. The van der Waals surface area contributed by atoms with Crippen LogP contribution in [-0.2, 0) is 4.79 Å². The summed E-state index contributed by atoms with van der Waals surface area (Å²) in [6.45, 7) is 9.18. The third kappa shape index (κ3) is 2.71. The molecule has 2 aliphatic heterocycles. The van der Waals surface area contributed by atoms with E-state index in [0.717, 1.165) is 5.56 Å². The smallest absolute Gasteiger partial charge is 0.257 e. The quantitative estimate of drug-likeness (QED) is 0.606. The monoisotopic (exact) mass is 399 g/mol. The summed E-state index contributed by atoms with van der Waals surface area (Å²) in [5, 5.41) is 16.5. The van der Waals surface area contributed by atoms with Gasteiger partial charge in [-0.05, 0) is 20.8 Å². The first-order chi connectivity index (χ1) is 13.2. The Morgan fingerprint density at radius 2 is 2.04 bits per heavy atom. The van der Waals surface area contributed by atoms with Gasteiger partial charge in [0.2, 0.25) is 5.91 Å². The van der Waals surface area contributed by atoms with Crippen molar-refractivity contribution in [2.24, 2.45) is 0 Å². The van der Waals surface area contributed by atoms with E-state index in [9.17, 15) is 14.7 Å². The number of nitrogens with zero attached hydrogens (tertiary/aromatic N) is 2. The van der Waals surface area contributed by atoms with Crippen LogP contribution in [0.3, 0.4) is 0 Å². The Hall–Kier alpha value is -2.74. The SMILES string of the molecule is C=C(O)[C@@H]1N2C(=O)[C@@H](NC(=O)c3c(-c4ccccc4)noc3C)[C@H]2SC1(C)C. The van der Waals surface area contributed by atoms with Crippen molar-refractivity contribution in [2.45, 2.75) is 43.0 Å². The van der Waals surface area contributed by atoms with Crippen molar-refractivity contribution >= 4 is 23.6 Å². The average Bonchev–Trinajstić information content (AvgIpc) is 3.15. The second kappa shape index (κ2) is 6.41. The average molecular weight is 399 g/mol. The summed E-state index contributed by atoms with van der Waals surface area (Å²) in [5.74, 6) is -0.285. The van der Waals surface area contributed by atoms with Crippen LogP contribution in [0.2, 0.25) is 0 Å². The largest absolute Gasteiger partial charge is 0.511 e. The predicted octanol–water partition coefficient (Wildman–Crippen LogP) is 2.88. The van der Waals surface area contributed by atoms with Gasteiger partial charge in [0.25, 0.3) is 5.91 Å². The van der Waals surface area contributed by atoms with E-state index in [4.69, 9.17) is 4.52 Å². The highest BCUT2D eigenvalue weighted by molar-refractivity contribution is 8.01. The van der Waals surface area contributed by atoms with Gasteiger partial charge in [-0.2, -0.15) is 0 Å². The Balaban J connectivity index is 1.58. The number of aliphatic hydroxyl groups excluding tert-OH is 1. The number of nitrogens with one attached hydrogen (secondary N) is 1. The molecule has 4 rings (SSSR count). The zero-order chi connectivity index (χ0) is 20.2. The molecule has 2 aliphatic rings. The normalized spacial score (nSPS) is 25.2. The van der Waals surface area contributed by atoms with Gasteiger partial charge in [-0.15, -0.1) is 11.8 Å². The molecule has 7 nitrogen and oxygen atoms in total. The minimum Gasteiger partial charge on any atom is -0.511 e. The molecule has 146 valence electrons. The fourth-order valence-electron chi connectivity index (χ4n) is 3.94. The summed E-state index contributed by atoms with van der Waals surface area (Å²) in [6, 6.07) is 8.14. The lowest BCUT2D eigenvalue weighted by atomic mass is 9.94. The molecule has 0 bridgehead atoms. The topological polar surface area (TPSA) is 95.7 Å². The molecule has 1 aromatic heterocycles. The number of hydrogen-bond acceptors (Lipinski definition) is 6. The van der Waals surface area contributed by atoms with Crippen molar-refractivity contribution in [1.82, 2.24) is 15.4 Å². The summed E-state index contributed by atoms with van der Waals surface area (Å²) in [4.78, 5) is 27.3. The van der Waals surface area contributed by atoms with Crippen LogP contribution in [0.15, 0.2) is 47.2 Å². The Morgan fingerprint density at radius 1 is 1.36 bits per heavy atom. The molecular weight excluding hydrogens is 378 g/mol. The molecule has 2 saturated heterocycles. The van der Waals surface area contributed by atoms with E-state index >= 15 is 0 Å². The third-order valence-corrected chi connectivity index (χ3v) is 6.75. The van der Waals surface area contributed by atoms with Crippen LogP contribution in [0.4, 0.5) is 0 Å². The van der Waals surface area contributed by atoms with E-state index < -0.39 is 22.7 Å². The number of hydrogen-bond donors (Lipinski definition) is 2. The van der Waals surface area contributed by atoms with Crippen LogP contribution < -0.4 is 5.32 Å². The summed E-state index contributed by atoms with van der Waals surface area (Å²) < 4.78 is 4.85. The van der Waals surface area contributed by atoms with Crippen LogP contribution in [0.1, 0.15) is 30.0 Å². The van der Waals surface area contributed by atoms with E-state index in [-0.39, 0.29) is 17.0 Å². The Labute approximate surface area is 166 Å². The number of carbonyl (C=O) groups excluding carboxylic acids is 2. The first-order valence-electron chi connectivity index (χ1n) is 8.92. The molecule has 8 heteroatoms. The highest BCUT2D eigenvalue weighted by Crippen LogP contribution is 2.52. The van der Waals surface area contributed by atoms with Crippen molar-refractivity contribution in [3.8, 4) is 11.3 Å². The van der Waals surface area contributed by atoms with Gasteiger partial charge in [0.1, 0.15) is 40.2 Å². The minimum absolute atomic E-state index is 0.0423.